The van der Waals surface area contributed by atoms with Gasteiger partial charge in [0.15, 0.2) is 0 Å². The Morgan fingerprint density at radius 3 is 2.85 bits per heavy atom. The van der Waals surface area contributed by atoms with Crippen molar-refractivity contribution < 1.29 is 32.3 Å². The van der Waals surface area contributed by atoms with Gasteiger partial charge in [0.2, 0.25) is 11.7 Å². The number of carbonyl (C=O) groups is 1. The molecule has 11 heteroatoms. The predicted molar refractivity (Wildman–Crippen MR) is 120 cm³/mol. The molecule has 1 unspecified atom stereocenters. The molecule has 0 saturated carbocycles. The van der Waals surface area contributed by atoms with Crippen LogP contribution in [0.2, 0.25) is 0 Å². The number of aromatic nitrogens is 2. The summed E-state index contributed by atoms with van der Waals surface area (Å²) in [5.74, 6) is -0.327. The molecule has 1 atom stereocenters. The maximum absolute atomic E-state index is 13.7. The minimum atomic E-state index is -4.67. The maximum atomic E-state index is 13.7. The zero-order chi connectivity index (χ0) is 24.3. The zero-order valence-electron chi connectivity index (χ0n) is 17.6. The van der Waals surface area contributed by atoms with Gasteiger partial charge >= 0.3 is 12.3 Å². The van der Waals surface area contributed by atoms with Crippen molar-refractivity contribution in [3.8, 4) is 17.1 Å². The van der Waals surface area contributed by atoms with E-state index in [1.165, 1.54) is 17.0 Å². The third-order valence-corrected chi connectivity index (χ3v) is 5.76. The number of hydrogen-bond acceptors (Lipinski definition) is 5. The molecule has 34 heavy (non-hydrogen) atoms. The van der Waals surface area contributed by atoms with Crippen LogP contribution in [0.15, 0.2) is 57.5 Å². The predicted octanol–water partition coefficient (Wildman–Crippen LogP) is 6.43. The van der Waals surface area contributed by atoms with E-state index in [0.717, 1.165) is 16.1 Å². The molecule has 1 amide bonds. The highest BCUT2D eigenvalue weighted by Gasteiger charge is 2.36. The normalized spacial score (nSPS) is 16.4. The summed E-state index contributed by atoms with van der Waals surface area (Å²) in [4.78, 5) is 16.7. The Hall–Kier alpha value is -3.34. The van der Waals surface area contributed by atoms with Crippen molar-refractivity contribution in [2.24, 2.45) is 0 Å². The van der Waals surface area contributed by atoms with Crippen LogP contribution in [0.5, 0.6) is 5.75 Å². The number of likely N-dealkylation sites (tertiary alicyclic amines) is 1. The third-order valence-electron chi connectivity index (χ3n) is 5.26. The molecule has 1 aliphatic rings. The van der Waals surface area contributed by atoms with Crippen LogP contribution in [0.3, 0.4) is 0 Å². The summed E-state index contributed by atoms with van der Waals surface area (Å²) < 4.78 is 52.6. The molecule has 0 spiro atoms. The van der Waals surface area contributed by atoms with Crippen molar-refractivity contribution in [1.29, 1.82) is 0 Å². The van der Waals surface area contributed by atoms with Gasteiger partial charge < -0.3 is 14.4 Å². The number of halogens is 4. The minimum absolute atomic E-state index is 0.0566. The largest absolute Gasteiger partial charge is 0.489 e. The van der Waals surface area contributed by atoms with Crippen molar-refractivity contribution in [3.05, 3.63) is 70.0 Å². The molecule has 0 aliphatic carbocycles. The second kappa shape index (κ2) is 9.88. The average molecular weight is 538 g/mol. The van der Waals surface area contributed by atoms with E-state index in [4.69, 9.17) is 9.26 Å². The minimum Gasteiger partial charge on any atom is -0.489 e. The van der Waals surface area contributed by atoms with E-state index >= 15 is 0 Å². The lowest BCUT2D eigenvalue weighted by Gasteiger charge is -2.17. The summed E-state index contributed by atoms with van der Waals surface area (Å²) >= 11 is 3.36. The fourth-order valence-electron chi connectivity index (χ4n) is 3.69. The number of alkyl halides is 3. The standard InChI is InChI=1S/C23H19BrF3N3O4/c24-16-6-1-4-14(12-16)5-3-11-33-19-9-8-15(13-17(19)23(25,26)27)20-28-21(34-29-20)18-7-2-10-30(18)22(31)32/h1,3-6,8-9,12-13,18H,2,7,10-11H2,(H,31,32). The summed E-state index contributed by atoms with van der Waals surface area (Å²) in [6.07, 6.45) is -1.28. The number of hydrogen-bond donors (Lipinski definition) is 1. The number of benzene rings is 2. The van der Waals surface area contributed by atoms with Gasteiger partial charge in [0.05, 0.1) is 5.56 Å². The number of ether oxygens (including phenoxy) is 1. The Bertz CT molecular complexity index is 1210. The van der Waals surface area contributed by atoms with E-state index < -0.39 is 23.9 Å². The first-order valence-corrected chi connectivity index (χ1v) is 11.1. The van der Waals surface area contributed by atoms with Gasteiger partial charge in [-0.1, -0.05) is 39.3 Å². The molecular formula is C23H19BrF3N3O4. The number of amides is 1. The lowest BCUT2D eigenvalue weighted by atomic mass is 10.1. The SMILES string of the molecule is O=C(O)N1CCCC1c1nc(-c2ccc(OCC=Cc3cccc(Br)c3)c(C(F)(F)F)c2)no1. The topological polar surface area (TPSA) is 88.7 Å². The Morgan fingerprint density at radius 1 is 1.29 bits per heavy atom. The molecule has 3 aromatic rings. The summed E-state index contributed by atoms with van der Waals surface area (Å²) in [6.45, 7) is 0.270. The third kappa shape index (κ3) is 5.41. The first-order chi connectivity index (χ1) is 16.2. The van der Waals surface area contributed by atoms with E-state index in [-0.39, 0.29) is 29.6 Å². The summed E-state index contributed by atoms with van der Waals surface area (Å²) in [5, 5.41) is 13.0. The van der Waals surface area contributed by atoms with Gasteiger partial charge in [0.25, 0.3) is 0 Å². The van der Waals surface area contributed by atoms with Crippen molar-refractivity contribution in [3.63, 3.8) is 0 Å². The van der Waals surface area contributed by atoms with Crippen LogP contribution >= 0.6 is 15.9 Å². The Balaban J connectivity index is 1.52. The molecule has 1 saturated heterocycles. The first kappa shape index (κ1) is 23.8. The number of carboxylic acid groups (broad SMARTS) is 1. The molecule has 178 valence electrons. The van der Waals surface area contributed by atoms with Gasteiger partial charge in [-0.05, 0) is 54.8 Å². The molecule has 0 radical (unpaired) electrons. The Morgan fingerprint density at radius 2 is 2.12 bits per heavy atom. The van der Waals surface area contributed by atoms with Crippen molar-refractivity contribution in [2.45, 2.75) is 25.1 Å². The van der Waals surface area contributed by atoms with Crippen LogP contribution in [-0.4, -0.2) is 39.4 Å². The van der Waals surface area contributed by atoms with E-state index in [0.29, 0.717) is 19.4 Å². The monoisotopic (exact) mass is 537 g/mol. The van der Waals surface area contributed by atoms with E-state index in [1.807, 2.05) is 24.3 Å². The highest BCUT2D eigenvalue weighted by molar-refractivity contribution is 9.10. The summed E-state index contributed by atoms with van der Waals surface area (Å²) in [7, 11) is 0. The lowest BCUT2D eigenvalue weighted by molar-refractivity contribution is -0.138. The number of rotatable bonds is 6. The van der Waals surface area contributed by atoms with Crippen LogP contribution in [0.25, 0.3) is 17.5 Å². The molecule has 1 aromatic heterocycles. The zero-order valence-corrected chi connectivity index (χ0v) is 19.2. The number of nitrogens with zero attached hydrogens (tertiary/aromatic N) is 3. The van der Waals surface area contributed by atoms with E-state index in [9.17, 15) is 23.1 Å². The first-order valence-electron chi connectivity index (χ1n) is 10.3. The van der Waals surface area contributed by atoms with Gasteiger partial charge in [0, 0.05) is 16.6 Å². The van der Waals surface area contributed by atoms with Gasteiger partial charge in [0.1, 0.15) is 18.4 Å². The smallest absolute Gasteiger partial charge is 0.419 e. The average Bonchev–Trinajstić information content (AvgIpc) is 3.46. The Labute approximate surface area is 201 Å². The summed E-state index contributed by atoms with van der Waals surface area (Å²) in [5.41, 5.74) is -0.0135. The molecule has 7 nitrogen and oxygen atoms in total. The molecule has 1 aliphatic heterocycles. The van der Waals surface area contributed by atoms with Gasteiger partial charge in [-0.2, -0.15) is 18.2 Å². The van der Waals surface area contributed by atoms with E-state index in [1.54, 1.807) is 12.2 Å². The second-order valence-electron chi connectivity index (χ2n) is 7.57. The molecule has 2 aromatic carbocycles. The molecular weight excluding hydrogens is 519 g/mol. The van der Waals surface area contributed by atoms with Crippen LogP contribution in [0.1, 0.15) is 35.9 Å². The highest BCUT2D eigenvalue weighted by Crippen LogP contribution is 2.39. The lowest BCUT2D eigenvalue weighted by Crippen LogP contribution is -2.28. The van der Waals surface area contributed by atoms with Gasteiger partial charge in [-0.25, -0.2) is 4.79 Å². The van der Waals surface area contributed by atoms with Gasteiger partial charge in [-0.15, -0.1) is 0 Å². The fourth-order valence-corrected chi connectivity index (χ4v) is 4.11. The van der Waals surface area contributed by atoms with Crippen LogP contribution in [-0.2, 0) is 6.18 Å². The molecule has 1 fully saturated rings. The van der Waals surface area contributed by atoms with Gasteiger partial charge in [-0.3, -0.25) is 4.90 Å². The molecule has 1 N–H and O–H groups in total. The van der Waals surface area contributed by atoms with E-state index in [2.05, 4.69) is 26.1 Å². The quantitative estimate of drug-likeness (QED) is 0.390. The second-order valence-corrected chi connectivity index (χ2v) is 8.48. The molecule has 4 rings (SSSR count). The van der Waals surface area contributed by atoms with Crippen molar-refractivity contribution in [2.75, 3.05) is 13.2 Å². The van der Waals surface area contributed by atoms with Crippen molar-refractivity contribution in [1.82, 2.24) is 15.0 Å². The highest BCUT2D eigenvalue weighted by atomic mass is 79.9. The maximum Gasteiger partial charge on any atom is 0.419 e. The van der Waals surface area contributed by atoms with Crippen LogP contribution < -0.4 is 4.74 Å². The van der Waals surface area contributed by atoms with Crippen molar-refractivity contribution >= 4 is 28.1 Å². The molecule has 0 bridgehead atoms. The Kier molecular flexibility index (Phi) is 6.92. The summed E-state index contributed by atoms with van der Waals surface area (Å²) in [6, 6.07) is 10.3. The fraction of sp³-hybridized carbons (Fsp3) is 0.261. The molecule has 2 heterocycles. The van der Waals surface area contributed by atoms with Crippen LogP contribution in [0.4, 0.5) is 18.0 Å². The van der Waals surface area contributed by atoms with Crippen LogP contribution in [0, 0.1) is 0 Å².